The predicted octanol–water partition coefficient (Wildman–Crippen LogP) is 3.49. The lowest BCUT2D eigenvalue weighted by Crippen LogP contribution is -2.20. The number of fused-ring (bicyclic) bond motifs is 1. The van der Waals surface area contributed by atoms with Crippen LogP contribution in [0.1, 0.15) is 28.3 Å². The summed E-state index contributed by atoms with van der Waals surface area (Å²) in [7, 11) is 0. The number of anilines is 1. The molecule has 4 rings (SSSR count). The molecule has 1 atom stereocenters. The van der Waals surface area contributed by atoms with Gasteiger partial charge in [0, 0.05) is 5.70 Å². The summed E-state index contributed by atoms with van der Waals surface area (Å²) in [6, 6.07) is 12.5. The first kappa shape index (κ1) is 14.6. The molecule has 1 N–H and O–H groups in total. The lowest BCUT2D eigenvalue weighted by atomic mass is 9.99. The quantitative estimate of drug-likeness (QED) is 0.785. The van der Waals surface area contributed by atoms with Crippen molar-refractivity contribution in [2.24, 2.45) is 0 Å². The van der Waals surface area contributed by atoms with E-state index in [1.165, 1.54) is 23.3 Å². The molecule has 0 amide bonds. The highest BCUT2D eigenvalue weighted by atomic mass is 19.1. The Balaban J connectivity index is 1.81. The fourth-order valence-corrected chi connectivity index (χ4v) is 2.83. The highest BCUT2D eigenvalue weighted by Crippen LogP contribution is 2.32. The van der Waals surface area contributed by atoms with E-state index in [1.807, 2.05) is 0 Å². The van der Waals surface area contributed by atoms with Crippen LogP contribution in [0.15, 0.2) is 48.5 Å². The van der Waals surface area contributed by atoms with Gasteiger partial charge in [-0.1, -0.05) is 29.4 Å². The Hall–Kier alpha value is -3.02. The van der Waals surface area contributed by atoms with Gasteiger partial charge in [0.2, 0.25) is 5.95 Å². The van der Waals surface area contributed by atoms with Crippen LogP contribution in [0, 0.1) is 19.7 Å². The van der Waals surface area contributed by atoms with Crippen molar-refractivity contribution in [3.8, 4) is 0 Å². The summed E-state index contributed by atoms with van der Waals surface area (Å²) in [4.78, 5) is 0. The Bertz CT molecular complexity index is 927. The summed E-state index contributed by atoms with van der Waals surface area (Å²) >= 11 is 0. The molecule has 0 saturated carbocycles. The second-order valence-corrected chi connectivity index (χ2v) is 5.95. The maximum atomic E-state index is 13.2. The molecular weight excluding hydrogens is 305 g/mol. The number of allylic oxidation sites excluding steroid dienone is 1. The molecule has 0 spiro atoms. The number of aromatic nitrogens is 4. The number of hydrogen-bond acceptors (Lipinski definition) is 4. The number of nitrogens with one attached hydrogen (secondary N) is 1. The fraction of sp³-hybridized carbons (Fsp3) is 0.167. The summed E-state index contributed by atoms with van der Waals surface area (Å²) in [5.41, 5.74) is 5.40. The zero-order chi connectivity index (χ0) is 16.7. The smallest absolute Gasteiger partial charge is 0.248 e. The minimum atomic E-state index is -0.261. The fourth-order valence-electron chi connectivity index (χ4n) is 2.83. The summed E-state index contributed by atoms with van der Waals surface area (Å²) < 4.78 is 14.9. The van der Waals surface area contributed by atoms with Crippen molar-refractivity contribution in [3.63, 3.8) is 0 Å². The van der Waals surface area contributed by atoms with Crippen LogP contribution in [-0.4, -0.2) is 20.2 Å². The van der Waals surface area contributed by atoms with Crippen LogP contribution >= 0.6 is 0 Å². The molecule has 5 nitrogen and oxygen atoms in total. The lowest BCUT2D eigenvalue weighted by molar-refractivity contribution is 0.582. The molecule has 1 aromatic heterocycles. The molecule has 1 aliphatic rings. The van der Waals surface area contributed by atoms with Crippen molar-refractivity contribution in [1.29, 1.82) is 0 Å². The maximum absolute atomic E-state index is 13.2. The molecular formula is C18H16FN5. The van der Waals surface area contributed by atoms with Gasteiger partial charge in [-0.2, -0.15) is 4.68 Å². The third-order valence-corrected chi connectivity index (χ3v) is 4.36. The molecule has 1 aliphatic heterocycles. The molecule has 3 aromatic rings. The Kier molecular flexibility index (Phi) is 3.37. The Labute approximate surface area is 138 Å². The molecule has 120 valence electrons. The molecule has 2 aromatic carbocycles. The molecule has 6 heteroatoms. The third kappa shape index (κ3) is 2.46. The van der Waals surface area contributed by atoms with Gasteiger partial charge in [-0.05, 0) is 70.8 Å². The van der Waals surface area contributed by atoms with Crippen LogP contribution < -0.4 is 5.32 Å². The second-order valence-electron chi connectivity index (χ2n) is 5.95. The van der Waals surface area contributed by atoms with Crippen molar-refractivity contribution in [2.75, 3.05) is 5.32 Å². The monoisotopic (exact) mass is 321 g/mol. The molecule has 0 bridgehead atoms. The average Bonchev–Trinajstić information content (AvgIpc) is 3.06. The highest BCUT2D eigenvalue weighted by Gasteiger charge is 2.24. The Morgan fingerprint density at radius 3 is 2.58 bits per heavy atom. The third-order valence-electron chi connectivity index (χ3n) is 4.36. The molecule has 0 radical (unpaired) electrons. The Morgan fingerprint density at radius 2 is 1.83 bits per heavy atom. The number of benzene rings is 2. The van der Waals surface area contributed by atoms with Gasteiger partial charge in [0.25, 0.3) is 0 Å². The zero-order valence-electron chi connectivity index (χ0n) is 13.4. The molecule has 1 unspecified atom stereocenters. The summed E-state index contributed by atoms with van der Waals surface area (Å²) in [5.74, 6) is 0.308. The largest absolute Gasteiger partial charge is 0.323 e. The first-order chi connectivity index (χ1) is 11.6. The summed E-state index contributed by atoms with van der Waals surface area (Å²) in [6.07, 6.45) is 2.06. The standard InChI is InChI=1S/C18H16FN5/c1-11-3-4-14(9-12(11)2)16-10-17(13-5-7-15(19)8-6-13)24-18(20-16)21-22-23-24/h3-10,17H,1-2H3,(H,20,21,23). The van der Waals surface area contributed by atoms with Crippen LogP contribution in [0.25, 0.3) is 5.70 Å². The second kappa shape index (κ2) is 5.56. The number of nitrogens with zero attached hydrogens (tertiary/aromatic N) is 4. The van der Waals surface area contributed by atoms with Gasteiger partial charge in [0.15, 0.2) is 0 Å². The van der Waals surface area contributed by atoms with Crippen molar-refractivity contribution in [1.82, 2.24) is 20.2 Å². The van der Waals surface area contributed by atoms with E-state index < -0.39 is 0 Å². The van der Waals surface area contributed by atoms with Gasteiger partial charge in [0.05, 0.1) is 0 Å². The van der Waals surface area contributed by atoms with Crippen LogP contribution in [0.5, 0.6) is 0 Å². The van der Waals surface area contributed by atoms with Crippen LogP contribution in [0.3, 0.4) is 0 Å². The van der Waals surface area contributed by atoms with Gasteiger partial charge < -0.3 is 5.32 Å². The molecule has 0 saturated heterocycles. The first-order valence-corrected chi connectivity index (χ1v) is 7.71. The van der Waals surface area contributed by atoms with E-state index in [1.54, 1.807) is 16.8 Å². The van der Waals surface area contributed by atoms with E-state index in [9.17, 15) is 4.39 Å². The number of halogens is 1. The van der Waals surface area contributed by atoms with E-state index in [2.05, 4.69) is 59.0 Å². The van der Waals surface area contributed by atoms with Gasteiger partial charge >= 0.3 is 0 Å². The maximum Gasteiger partial charge on any atom is 0.248 e. The van der Waals surface area contributed by atoms with E-state index >= 15 is 0 Å². The molecule has 2 heterocycles. The van der Waals surface area contributed by atoms with Gasteiger partial charge in [0.1, 0.15) is 11.9 Å². The minimum absolute atomic E-state index is 0.187. The van der Waals surface area contributed by atoms with Crippen molar-refractivity contribution < 1.29 is 4.39 Å². The van der Waals surface area contributed by atoms with Gasteiger partial charge in [-0.25, -0.2) is 4.39 Å². The van der Waals surface area contributed by atoms with E-state index in [0.29, 0.717) is 5.95 Å². The van der Waals surface area contributed by atoms with E-state index in [-0.39, 0.29) is 11.9 Å². The van der Waals surface area contributed by atoms with Crippen LogP contribution in [0.4, 0.5) is 10.3 Å². The van der Waals surface area contributed by atoms with Crippen molar-refractivity contribution in [2.45, 2.75) is 19.9 Å². The summed E-state index contributed by atoms with van der Waals surface area (Å²) in [5, 5.41) is 15.1. The van der Waals surface area contributed by atoms with Crippen molar-refractivity contribution in [3.05, 3.63) is 76.6 Å². The minimum Gasteiger partial charge on any atom is -0.323 e. The van der Waals surface area contributed by atoms with Gasteiger partial charge in [-0.3, -0.25) is 0 Å². The van der Waals surface area contributed by atoms with E-state index in [0.717, 1.165) is 16.8 Å². The van der Waals surface area contributed by atoms with E-state index in [4.69, 9.17) is 0 Å². The normalized spacial score (nSPS) is 16.3. The lowest BCUT2D eigenvalue weighted by Gasteiger charge is -2.23. The molecule has 0 fully saturated rings. The first-order valence-electron chi connectivity index (χ1n) is 7.71. The molecule has 0 aliphatic carbocycles. The number of rotatable bonds is 2. The SMILES string of the molecule is Cc1ccc(C2=CC(c3ccc(F)cc3)n3nnnc3N2)cc1C. The number of aryl methyl sites for hydroxylation is 2. The topological polar surface area (TPSA) is 55.6 Å². The average molecular weight is 321 g/mol. The number of tetrazole rings is 1. The van der Waals surface area contributed by atoms with Crippen LogP contribution in [0.2, 0.25) is 0 Å². The zero-order valence-corrected chi connectivity index (χ0v) is 13.4. The summed E-state index contributed by atoms with van der Waals surface area (Å²) in [6.45, 7) is 4.17. The predicted molar refractivity (Wildman–Crippen MR) is 89.9 cm³/mol. The van der Waals surface area contributed by atoms with Gasteiger partial charge in [-0.15, -0.1) is 0 Å². The van der Waals surface area contributed by atoms with Crippen LogP contribution in [-0.2, 0) is 0 Å². The molecule has 24 heavy (non-hydrogen) atoms. The highest BCUT2D eigenvalue weighted by molar-refractivity contribution is 5.77. The van der Waals surface area contributed by atoms with Crippen molar-refractivity contribution >= 4 is 11.6 Å². The Morgan fingerprint density at radius 1 is 1.04 bits per heavy atom. The number of hydrogen-bond donors (Lipinski definition) is 1.